The maximum Gasteiger partial charge on any atom is 0.261 e. The fourth-order valence-electron chi connectivity index (χ4n) is 1.16. The van der Waals surface area contributed by atoms with Crippen molar-refractivity contribution < 1.29 is 13.9 Å². The van der Waals surface area contributed by atoms with Crippen molar-refractivity contribution >= 4 is 14.9 Å². The Kier molecular flexibility index (Phi) is 6.27. The van der Waals surface area contributed by atoms with Gasteiger partial charge in [-0.1, -0.05) is 30.3 Å². The maximum atomic E-state index is 5.60. The average Bonchev–Trinajstić information content (AvgIpc) is 2.28. The topological polar surface area (TPSA) is 27.7 Å². The zero-order valence-electron chi connectivity index (χ0n) is 9.31. The molecule has 0 N–H and O–H groups in total. The summed E-state index contributed by atoms with van der Waals surface area (Å²) in [6, 6.07) is 10.2. The van der Waals surface area contributed by atoms with Crippen LogP contribution in [0.5, 0.6) is 0 Å². The highest BCUT2D eigenvalue weighted by atomic mass is 28.2. The lowest BCUT2D eigenvalue weighted by Gasteiger charge is -2.17. The van der Waals surface area contributed by atoms with E-state index < -0.39 is 16.2 Å². The molecule has 0 atom stereocenters. The number of benzene rings is 1. The number of rotatable bonds is 7. The van der Waals surface area contributed by atoms with E-state index in [1.807, 2.05) is 32.0 Å². The van der Waals surface area contributed by atoms with Crippen LogP contribution in [0.3, 0.4) is 0 Å². The van der Waals surface area contributed by atoms with E-state index in [4.69, 9.17) is 13.9 Å². The molecule has 0 heterocycles. The van der Waals surface area contributed by atoms with Crippen LogP contribution in [0, 0.1) is 0 Å². The lowest BCUT2D eigenvalue weighted by atomic mass is 10.4. The van der Waals surface area contributed by atoms with Crippen molar-refractivity contribution in [1.82, 2.24) is 0 Å². The van der Waals surface area contributed by atoms with Crippen molar-refractivity contribution in [3.63, 3.8) is 0 Å². The maximum absolute atomic E-state index is 5.60. The average molecular weight is 226 g/mol. The summed E-state index contributed by atoms with van der Waals surface area (Å²) >= 11 is 0. The second-order valence-electron chi connectivity index (χ2n) is 3.00. The molecule has 0 fully saturated rings. The predicted octanol–water partition coefficient (Wildman–Crippen LogP) is 0.769. The Morgan fingerprint density at radius 1 is 1.07 bits per heavy atom. The normalized spacial score (nSPS) is 11.7. The van der Waals surface area contributed by atoms with Crippen molar-refractivity contribution in [2.24, 2.45) is 0 Å². The van der Waals surface area contributed by atoms with E-state index in [0.717, 1.165) is 0 Å². The molecule has 0 bridgehead atoms. The van der Waals surface area contributed by atoms with Gasteiger partial charge in [0.05, 0.1) is 0 Å². The first-order valence-electron chi connectivity index (χ1n) is 5.25. The molecule has 0 amide bonds. The van der Waals surface area contributed by atoms with Crippen LogP contribution < -0.4 is 5.19 Å². The van der Waals surface area contributed by atoms with Crippen LogP contribution in [0.4, 0.5) is 0 Å². The van der Waals surface area contributed by atoms with Gasteiger partial charge in [0.2, 0.25) is 0 Å². The van der Waals surface area contributed by atoms with Crippen LogP contribution in [0.15, 0.2) is 30.3 Å². The Labute approximate surface area is 93.3 Å². The van der Waals surface area contributed by atoms with Crippen LogP contribution in [0.1, 0.15) is 13.8 Å². The van der Waals surface area contributed by atoms with Crippen LogP contribution in [-0.4, -0.2) is 29.5 Å². The van der Waals surface area contributed by atoms with Gasteiger partial charge in [-0.25, -0.2) is 0 Å². The monoisotopic (exact) mass is 226 g/mol. The fourth-order valence-corrected chi connectivity index (χ4v) is 2.14. The van der Waals surface area contributed by atoms with E-state index in [-0.39, 0.29) is 0 Å². The number of hydrogen-bond donors (Lipinski definition) is 0. The van der Waals surface area contributed by atoms with Gasteiger partial charge in [0.1, 0.15) is 0 Å². The quantitative estimate of drug-likeness (QED) is 0.508. The molecule has 0 saturated carbocycles. The minimum absolute atomic E-state index is 0.494. The molecular formula is C11H18O3Si. The Bertz CT molecular complexity index is 247. The second kappa shape index (κ2) is 7.59. The highest BCUT2D eigenvalue weighted by molar-refractivity contribution is 6.46. The molecule has 0 saturated heterocycles. The molecule has 0 aliphatic rings. The van der Waals surface area contributed by atoms with Gasteiger partial charge >= 0.3 is 0 Å². The molecule has 15 heavy (non-hydrogen) atoms. The summed E-state index contributed by atoms with van der Waals surface area (Å²) in [4.78, 5) is 0. The van der Waals surface area contributed by atoms with Crippen LogP contribution in [-0.2, 0) is 13.9 Å². The lowest BCUT2D eigenvalue weighted by molar-refractivity contribution is -0.242. The van der Waals surface area contributed by atoms with Crippen molar-refractivity contribution in [3.05, 3.63) is 30.3 Å². The van der Waals surface area contributed by atoms with Crippen molar-refractivity contribution in [3.8, 4) is 0 Å². The third-order valence-electron chi connectivity index (χ3n) is 1.83. The molecule has 0 unspecified atom stereocenters. The van der Waals surface area contributed by atoms with Gasteiger partial charge in [-0.05, 0) is 19.0 Å². The number of ether oxygens (including phenoxy) is 2. The molecule has 1 rings (SSSR count). The second-order valence-corrected chi connectivity index (χ2v) is 4.43. The zero-order valence-corrected chi connectivity index (χ0v) is 10.7. The van der Waals surface area contributed by atoms with Crippen LogP contribution in [0.25, 0.3) is 0 Å². The van der Waals surface area contributed by atoms with Crippen molar-refractivity contribution in [2.75, 3.05) is 13.2 Å². The van der Waals surface area contributed by atoms with Crippen LogP contribution in [0.2, 0.25) is 0 Å². The van der Waals surface area contributed by atoms with Gasteiger partial charge in [0.15, 0.2) is 9.76 Å². The van der Waals surface area contributed by atoms with E-state index in [1.54, 1.807) is 0 Å². The van der Waals surface area contributed by atoms with Gasteiger partial charge in [-0.2, -0.15) is 0 Å². The summed E-state index contributed by atoms with van der Waals surface area (Å²) < 4.78 is 16.2. The first-order valence-corrected chi connectivity index (χ1v) is 6.54. The molecule has 1 aromatic carbocycles. The third-order valence-corrected chi connectivity index (χ3v) is 3.08. The summed E-state index contributed by atoms with van der Waals surface area (Å²) in [5.41, 5.74) is 0. The largest absolute Gasteiger partial charge is 0.373 e. The van der Waals surface area contributed by atoms with E-state index in [2.05, 4.69) is 12.1 Å². The molecule has 0 aromatic heterocycles. The molecule has 1 aromatic rings. The van der Waals surface area contributed by atoms with E-state index in [9.17, 15) is 0 Å². The number of hydrogen-bond acceptors (Lipinski definition) is 3. The Morgan fingerprint density at radius 3 is 2.20 bits per heavy atom. The standard InChI is InChI=1S/C11H18O3Si/c1-3-12-11(13-4-2)14-15-10-8-6-5-7-9-10/h5-9,11H,3-4,15H2,1-2H3. The summed E-state index contributed by atoms with van der Waals surface area (Å²) in [6.45, 7) is 4.58. The van der Waals surface area contributed by atoms with Gasteiger partial charge in [0.25, 0.3) is 6.48 Å². The molecule has 84 valence electrons. The molecule has 0 aliphatic heterocycles. The summed E-state index contributed by atoms with van der Waals surface area (Å²) in [7, 11) is -0.749. The highest BCUT2D eigenvalue weighted by Crippen LogP contribution is 1.96. The van der Waals surface area contributed by atoms with Gasteiger partial charge in [-0.15, -0.1) is 0 Å². The Hall–Kier alpha value is -0.683. The summed E-state index contributed by atoms with van der Waals surface area (Å²) in [5.74, 6) is 0. The minimum Gasteiger partial charge on any atom is -0.373 e. The highest BCUT2D eigenvalue weighted by Gasteiger charge is 2.07. The zero-order chi connectivity index (χ0) is 10.9. The smallest absolute Gasteiger partial charge is 0.261 e. The molecule has 0 radical (unpaired) electrons. The first-order chi connectivity index (χ1) is 7.36. The SMILES string of the molecule is CCOC(OCC)O[SiH2]c1ccccc1. The molecule has 3 nitrogen and oxygen atoms in total. The first kappa shape index (κ1) is 12.4. The van der Waals surface area contributed by atoms with Gasteiger partial charge < -0.3 is 13.9 Å². The third kappa shape index (κ3) is 5.08. The predicted molar refractivity (Wildman–Crippen MR) is 62.7 cm³/mol. The van der Waals surface area contributed by atoms with Gasteiger partial charge in [-0.3, -0.25) is 0 Å². The summed E-state index contributed by atoms with van der Waals surface area (Å²) in [5, 5.41) is 1.25. The van der Waals surface area contributed by atoms with Crippen molar-refractivity contribution in [1.29, 1.82) is 0 Å². The summed E-state index contributed by atoms with van der Waals surface area (Å²) in [6.07, 6.45) is 0. The van der Waals surface area contributed by atoms with E-state index >= 15 is 0 Å². The van der Waals surface area contributed by atoms with Crippen LogP contribution >= 0.6 is 0 Å². The minimum atomic E-state index is -0.749. The molecule has 0 aliphatic carbocycles. The van der Waals surface area contributed by atoms with E-state index in [0.29, 0.717) is 13.2 Å². The molecule has 0 spiro atoms. The fraction of sp³-hybridized carbons (Fsp3) is 0.455. The van der Waals surface area contributed by atoms with Gasteiger partial charge in [0, 0.05) is 13.2 Å². The Balaban J connectivity index is 2.33. The molecular weight excluding hydrogens is 208 g/mol. The molecule has 4 heteroatoms. The van der Waals surface area contributed by atoms with E-state index in [1.165, 1.54) is 5.19 Å². The Morgan fingerprint density at radius 2 is 1.67 bits per heavy atom. The van der Waals surface area contributed by atoms with Crippen molar-refractivity contribution in [2.45, 2.75) is 20.3 Å². The lowest BCUT2D eigenvalue weighted by Crippen LogP contribution is -2.28.